The van der Waals surface area contributed by atoms with Crippen LogP contribution in [0.1, 0.15) is 0 Å². The summed E-state index contributed by atoms with van der Waals surface area (Å²) in [6, 6.07) is 0. The third-order valence-corrected chi connectivity index (χ3v) is 3.65. The van der Waals surface area contributed by atoms with Gasteiger partial charge in [0.15, 0.2) is 0 Å². The summed E-state index contributed by atoms with van der Waals surface area (Å²) in [7, 11) is 0. The molecule has 0 aliphatic rings. The lowest BCUT2D eigenvalue weighted by Crippen LogP contribution is -2.70. The Kier molecular flexibility index (Phi) is 15.4. The van der Waals surface area contributed by atoms with Crippen LogP contribution in [-0.2, 0) is 19.0 Å². The van der Waals surface area contributed by atoms with E-state index >= 15 is 0 Å². The predicted octanol–water partition coefficient (Wildman–Crippen LogP) is 8.61. The highest BCUT2D eigenvalue weighted by molar-refractivity contribution is 5.76. The lowest BCUT2D eigenvalue weighted by atomic mass is 10.2. The number of halogens is 28. The molecule has 0 saturated heterocycles. The molecule has 276 valence electrons. The molecule has 0 aliphatic heterocycles. The third-order valence-electron chi connectivity index (χ3n) is 3.65. The van der Waals surface area contributed by atoms with Gasteiger partial charge < -0.3 is 5.11 Å². The van der Waals surface area contributed by atoms with Crippen molar-refractivity contribution in [1.82, 2.24) is 0 Å². The minimum atomic E-state index is -8.77. The van der Waals surface area contributed by atoms with Gasteiger partial charge >= 0.3 is 72.5 Å². The minimum Gasteiger partial charge on any atom is -0.477 e. The topological polar surface area (TPSA) is 65.0 Å². The molecule has 0 bridgehead atoms. The van der Waals surface area contributed by atoms with Crippen LogP contribution in [0, 0.1) is 0 Å². The molecule has 0 amide bonds. The fraction of sp³-hybridized carbons (Fsp3) is 0.917. The maximum atomic E-state index is 14.0. The number of hydrogen-bond donors (Lipinski definition) is 1. The molecule has 1 N–H and O–H groups in total. The lowest BCUT2D eigenvalue weighted by Gasteiger charge is -2.42. The molecular formula is C12H2F28O5. The van der Waals surface area contributed by atoms with Crippen molar-refractivity contribution in [2.75, 3.05) is 0 Å². The Morgan fingerprint density at radius 1 is 0.400 bits per heavy atom. The molecule has 0 saturated carbocycles. The zero-order valence-electron chi connectivity index (χ0n) is 18.7. The van der Waals surface area contributed by atoms with Crippen molar-refractivity contribution in [1.29, 1.82) is 0 Å². The van der Waals surface area contributed by atoms with E-state index in [-0.39, 0.29) is 4.70 Å². The Hall–Kier alpha value is -2.61. The van der Waals surface area contributed by atoms with Crippen molar-refractivity contribution in [2.24, 2.45) is 0 Å². The van der Waals surface area contributed by atoms with Crippen LogP contribution in [-0.4, -0.2) is 77.6 Å². The number of rotatable bonds is 10. The molecule has 0 aromatic heterocycles. The summed E-state index contributed by atoms with van der Waals surface area (Å²) in [5.41, 5.74) is 0. The largest absolute Gasteiger partial charge is 0.477 e. The molecule has 0 aliphatic carbocycles. The van der Waals surface area contributed by atoms with E-state index in [9.17, 15) is 106 Å². The van der Waals surface area contributed by atoms with Gasteiger partial charge in [0, 0.05) is 18.3 Å². The number of ether oxygens (including phenoxy) is 3. The van der Waals surface area contributed by atoms with Gasteiger partial charge in [-0.2, -0.15) is 101 Å². The second kappa shape index (κ2) is 14.0. The van der Waals surface area contributed by atoms with Crippen molar-refractivity contribution in [3.8, 4) is 0 Å². The van der Waals surface area contributed by atoms with E-state index in [0.717, 1.165) is 9.47 Å². The minimum absolute atomic E-state index is 0. The molecule has 0 heterocycles. The van der Waals surface area contributed by atoms with Crippen LogP contribution in [0.4, 0.5) is 124 Å². The molecule has 0 radical (unpaired) electrons. The zero-order chi connectivity index (χ0) is 37.2. The maximum absolute atomic E-state index is 14.0. The van der Waals surface area contributed by atoms with Crippen LogP contribution in [0.5, 0.6) is 0 Å². The SMILES string of the molecule is F.FF.FF.O=C(O)C(F)(OC(F)(F)C(F)(OC(F)(F)C(F)(OC(F)(F)C(F)(F)C(F)(F)F)C(F)(F)F)C(F)(F)F)C(F)(F)F. The van der Waals surface area contributed by atoms with Gasteiger partial charge in [0.25, 0.3) is 0 Å². The van der Waals surface area contributed by atoms with Gasteiger partial charge in [-0.3, -0.25) is 18.9 Å². The van der Waals surface area contributed by atoms with Crippen molar-refractivity contribution < 1.29 is 148 Å². The Bertz CT molecular complexity index is 934. The van der Waals surface area contributed by atoms with Gasteiger partial charge in [-0.25, -0.2) is 4.79 Å². The van der Waals surface area contributed by atoms with Gasteiger partial charge in [-0.1, -0.05) is 0 Å². The second-order valence-corrected chi connectivity index (χ2v) is 6.51. The average Bonchev–Trinajstić information content (AvgIpc) is 2.77. The maximum Gasteiger partial charge on any atom is 0.462 e. The summed E-state index contributed by atoms with van der Waals surface area (Å²) >= 11 is 0. The standard InChI is InChI=1S/C12HF23O5.2F2.FH/c13-2(1(36)37,6(18,19)20)38-11(32,33)4(16,8(24,25)26)40-12(34,35)5(17,9(27,28)29)39-10(30,31)3(14,15)7(21,22)23;2*1-2;/h(H,36,37);;;1H. The van der Waals surface area contributed by atoms with Gasteiger partial charge in [0.05, 0.1) is 0 Å². The van der Waals surface area contributed by atoms with Crippen molar-refractivity contribution >= 4 is 5.97 Å². The number of carbonyl (C=O) groups is 1. The zero-order valence-corrected chi connectivity index (χ0v) is 18.7. The fourth-order valence-corrected chi connectivity index (χ4v) is 1.68. The summed E-state index contributed by atoms with van der Waals surface area (Å²) in [6.45, 7) is 0. The molecule has 0 aromatic carbocycles. The van der Waals surface area contributed by atoms with Gasteiger partial charge in [0.2, 0.25) is 0 Å². The van der Waals surface area contributed by atoms with Crippen LogP contribution in [0.2, 0.25) is 0 Å². The smallest absolute Gasteiger partial charge is 0.462 e. The Morgan fingerprint density at radius 2 is 0.644 bits per heavy atom. The normalized spacial score (nSPS) is 18.0. The molecule has 0 spiro atoms. The Morgan fingerprint density at radius 3 is 0.844 bits per heavy atom. The summed E-state index contributed by atoms with van der Waals surface area (Å²) in [5.74, 6) is -37.4. The van der Waals surface area contributed by atoms with Crippen molar-refractivity contribution in [3.05, 3.63) is 0 Å². The number of carboxylic acids is 1. The van der Waals surface area contributed by atoms with E-state index < -0.39 is 72.5 Å². The van der Waals surface area contributed by atoms with Crippen LogP contribution >= 0.6 is 0 Å². The molecular weight excluding hydrogens is 756 g/mol. The lowest BCUT2D eigenvalue weighted by molar-refractivity contribution is -0.578. The van der Waals surface area contributed by atoms with Crippen LogP contribution in [0.15, 0.2) is 0 Å². The number of hydrogen-bond acceptors (Lipinski definition) is 4. The molecule has 0 aromatic rings. The summed E-state index contributed by atoms with van der Waals surface area (Å²) in [4.78, 5) is 10.2. The van der Waals surface area contributed by atoms with Crippen molar-refractivity contribution in [3.63, 3.8) is 0 Å². The molecule has 3 unspecified atom stereocenters. The molecule has 45 heavy (non-hydrogen) atoms. The highest BCUT2D eigenvalue weighted by atomic mass is 20.0. The quantitative estimate of drug-likeness (QED) is 0.226. The van der Waals surface area contributed by atoms with Crippen LogP contribution < -0.4 is 0 Å². The van der Waals surface area contributed by atoms with Gasteiger partial charge in [0.1, 0.15) is 0 Å². The highest BCUT2D eigenvalue weighted by Crippen LogP contribution is 2.59. The Balaban J connectivity index is -0.00000161. The van der Waals surface area contributed by atoms with Crippen LogP contribution in [0.25, 0.3) is 0 Å². The monoisotopic (exact) mass is 758 g/mol. The Labute approximate surface area is 222 Å². The highest BCUT2D eigenvalue weighted by Gasteiger charge is 2.88. The predicted molar refractivity (Wildman–Crippen MR) is 73.4 cm³/mol. The number of carboxylic acid groups (broad SMARTS) is 1. The van der Waals surface area contributed by atoms with E-state index in [1.54, 1.807) is 0 Å². The summed E-state index contributed by atoms with van der Waals surface area (Å²) < 4.78 is 332. The molecule has 0 rings (SSSR count). The molecule has 3 atom stereocenters. The molecule has 0 fully saturated rings. The first-order valence-corrected chi connectivity index (χ1v) is 8.28. The van der Waals surface area contributed by atoms with E-state index in [1.807, 2.05) is 0 Å². The summed E-state index contributed by atoms with van der Waals surface area (Å²) in [6.07, 6.45) is -57.8. The van der Waals surface area contributed by atoms with E-state index in [1.165, 1.54) is 4.74 Å². The van der Waals surface area contributed by atoms with E-state index in [2.05, 4.69) is 0 Å². The number of aliphatic carboxylic acids is 1. The van der Waals surface area contributed by atoms with Crippen LogP contribution in [0.3, 0.4) is 0 Å². The van der Waals surface area contributed by atoms with E-state index in [4.69, 9.17) is 23.4 Å². The second-order valence-electron chi connectivity index (χ2n) is 6.51. The van der Waals surface area contributed by atoms with Gasteiger partial charge in [-0.05, 0) is 0 Å². The van der Waals surface area contributed by atoms with Crippen molar-refractivity contribution in [2.45, 2.75) is 66.5 Å². The molecule has 5 nitrogen and oxygen atoms in total. The first-order chi connectivity index (χ1) is 18.8. The number of alkyl halides is 23. The van der Waals surface area contributed by atoms with E-state index in [0.29, 0.717) is 0 Å². The first kappa shape index (κ1) is 49.3. The first-order valence-electron chi connectivity index (χ1n) is 8.28. The molecule has 33 heteroatoms. The third kappa shape index (κ3) is 9.02. The fourth-order valence-electron chi connectivity index (χ4n) is 1.68. The average molecular weight is 758 g/mol. The van der Waals surface area contributed by atoms with Gasteiger partial charge in [-0.15, -0.1) is 0 Å². The summed E-state index contributed by atoms with van der Waals surface area (Å²) in [5, 5.41) is 7.92.